The molecule has 0 fully saturated rings. The first-order valence-corrected chi connectivity index (χ1v) is 5.77. The topological polar surface area (TPSA) is 62.5 Å². The van der Waals surface area contributed by atoms with Crippen LogP contribution in [0.3, 0.4) is 0 Å². The van der Waals surface area contributed by atoms with Crippen LogP contribution in [0, 0.1) is 0 Å². The van der Waals surface area contributed by atoms with E-state index in [-0.39, 0.29) is 6.42 Å². The van der Waals surface area contributed by atoms with Crippen LogP contribution in [-0.2, 0) is 11.2 Å². The first kappa shape index (κ1) is 12.4. The number of aliphatic hydroxyl groups is 1. The number of hydrogen-bond donors (Lipinski definition) is 2. The molecule has 0 saturated heterocycles. The van der Waals surface area contributed by atoms with Crippen LogP contribution in [0.1, 0.15) is 12.0 Å². The molecule has 94 valence electrons. The van der Waals surface area contributed by atoms with E-state index in [1.807, 2.05) is 53.4 Å². The zero-order valence-corrected chi connectivity index (χ0v) is 9.86. The van der Waals surface area contributed by atoms with Gasteiger partial charge in [-0.05, 0) is 36.2 Å². The van der Waals surface area contributed by atoms with Crippen LogP contribution in [-0.4, -0.2) is 26.9 Å². The molecule has 1 heterocycles. The maximum Gasteiger partial charge on any atom is 0.305 e. The summed E-state index contributed by atoms with van der Waals surface area (Å²) in [5, 5.41) is 18.1. The highest BCUT2D eigenvalue weighted by atomic mass is 16.4. The standard InChI is InChI=1S/C14H15NO3/c16-13(10-14(17)18)9-11-3-5-12(6-4-11)15-7-1-2-8-15/h1-8,13,16H,9-10H2,(H,17,18). The summed E-state index contributed by atoms with van der Waals surface area (Å²) in [6.45, 7) is 0. The Bertz CT molecular complexity index is 502. The van der Waals surface area contributed by atoms with E-state index >= 15 is 0 Å². The Morgan fingerprint density at radius 3 is 2.33 bits per heavy atom. The van der Waals surface area contributed by atoms with Gasteiger partial charge in [-0.3, -0.25) is 4.79 Å². The maximum absolute atomic E-state index is 10.4. The molecule has 0 bridgehead atoms. The Kier molecular flexibility index (Phi) is 3.79. The zero-order chi connectivity index (χ0) is 13.0. The summed E-state index contributed by atoms with van der Waals surface area (Å²) in [6.07, 6.45) is 3.21. The Morgan fingerprint density at radius 1 is 1.17 bits per heavy atom. The average Bonchev–Trinajstić information content (AvgIpc) is 2.82. The minimum absolute atomic E-state index is 0.223. The monoisotopic (exact) mass is 245 g/mol. The SMILES string of the molecule is O=C(O)CC(O)Cc1ccc(-n2cccc2)cc1. The fourth-order valence-corrected chi connectivity index (χ4v) is 1.86. The van der Waals surface area contributed by atoms with Crippen molar-refractivity contribution in [3.63, 3.8) is 0 Å². The molecule has 0 spiro atoms. The third-order valence-corrected chi connectivity index (χ3v) is 2.72. The third kappa shape index (κ3) is 3.21. The first-order chi connectivity index (χ1) is 8.65. The smallest absolute Gasteiger partial charge is 0.305 e. The molecule has 0 aliphatic heterocycles. The minimum Gasteiger partial charge on any atom is -0.481 e. The predicted octanol–water partition coefficient (Wildman–Crippen LogP) is 1.86. The number of carboxylic acid groups (broad SMARTS) is 1. The van der Waals surface area contributed by atoms with Gasteiger partial charge in [0.2, 0.25) is 0 Å². The molecule has 1 unspecified atom stereocenters. The molecule has 0 aliphatic rings. The molecule has 2 aromatic rings. The van der Waals surface area contributed by atoms with Crippen molar-refractivity contribution in [3.8, 4) is 5.69 Å². The fourth-order valence-electron chi connectivity index (χ4n) is 1.86. The number of aliphatic hydroxyl groups excluding tert-OH is 1. The summed E-state index contributed by atoms with van der Waals surface area (Å²) >= 11 is 0. The fraction of sp³-hybridized carbons (Fsp3) is 0.214. The molecule has 1 atom stereocenters. The summed E-state index contributed by atoms with van der Waals surface area (Å²) in [7, 11) is 0. The Balaban J connectivity index is 2.02. The van der Waals surface area contributed by atoms with E-state index in [4.69, 9.17) is 5.11 Å². The second-order valence-electron chi connectivity index (χ2n) is 4.21. The van der Waals surface area contributed by atoms with Crippen molar-refractivity contribution in [3.05, 3.63) is 54.4 Å². The van der Waals surface area contributed by atoms with Crippen molar-refractivity contribution in [1.82, 2.24) is 4.57 Å². The highest BCUT2D eigenvalue weighted by Crippen LogP contribution is 2.12. The molecule has 0 amide bonds. The summed E-state index contributed by atoms with van der Waals surface area (Å²) in [4.78, 5) is 10.4. The lowest BCUT2D eigenvalue weighted by Gasteiger charge is -2.09. The van der Waals surface area contributed by atoms with Gasteiger partial charge < -0.3 is 14.8 Å². The van der Waals surface area contributed by atoms with E-state index in [9.17, 15) is 9.90 Å². The van der Waals surface area contributed by atoms with Gasteiger partial charge in [0.1, 0.15) is 0 Å². The summed E-state index contributed by atoms with van der Waals surface area (Å²) in [5.41, 5.74) is 1.97. The second-order valence-corrected chi connectivity index (χ2v) is 4.21. The average molecular weight is 245 g/mol. The molecule has 2 rings (SSSR count). The number of rotatable bonds is 5. The van der Waals surface area contributed by atoms with Crippen LogP contribution >= 0.6 is 0 Å². The van der Waals surface area contributed by atoms with Crippen molar-refractivity contribution < 1.29 is 15.0 Å². The lowest BCUT2D eigenvalue weighted by atomic mass is 10.1. The molecule has 4 heteroatoms. The predicted molar refractivity (Wildman–Crippen MR) is 67.7 cm³/mol. The number of carboxylic acids is 1. The molecule has 0 saturated carbocycles. The molecule has 0 radical (unpaired) electrons. The minimum atomic E-state index is -0.980. The summed E-state index contributed by atoms with van der Waals surface area (Å²) in [5.74, 6) is -0.980. The van der Waals surface area contributed by atoms with Crippen molar-refractivity contribution in [2.45, 2.75) is 18.9 Å². The lowest BCUT2D eigenvalue weighted by molar-refractivity contribution is -0.139. The third-order valence-electron chi connectivity index (χ3n) is 2.72. The Hall–Kier alpha value is -2.07. The Morgan fingerprint density at radius 2 is 1.78 bits per heavy atom. The first-order valence-electron chi connectivity index (χ1n) is 5.77. The van der Waals surface area contributed by atoms with E-state index in [1.165, 1.54) is 0 Å². The van der Waals surface area contributed by atoms with E-state index in [0.29, 0.717) is 6.42 Å². The van der Waals surface area contributed by atoms with Crippen LogP contribution in [0.5, 0.6) is 0 Å². The number of nitrogens with zero attached hydrogens (tertiary/aromatic N) is 1. The van der Waals surface area contributed by atoms with Crippen LogP contribution in [0.2, 0.25) is 0 Å². The van der Waals surface area contributed by atoms with Crippen LogP contribution < -0.4 is 0 Å². The van der Waals surface area contributed by atoms with Gasteiger partial charge in [0.25, 0.3) is 0 Å². The highest BCUT2D eigenvalue weighted by Gasteiger charge is 2.10. The number of aromatic nitrogens is 1. The van der Waals surface area contributed by atoms with Gasteiger partial charge in [-0.15, -0.1) is 0 Å². The van der Waals surface area contributed by atoms with Crippen LogP contribution in [0.4, 0.5) is 0 Å². The Labute approximate surface area is 105 Å². The normalized spacial score (nSPS) is 12.3. The van der Waals surface area contributed by atoms with E-state index in [1.54, 1.807) is 0 Å². The summed E-state index contributed by atoms with van der Waals surface area (Å²) < 4.78 is 1.98. The molecule has 1 aromatic heterocycles. The summed E-state index contributed by atoms with van der Waals surface area (Å²) in [6, 6.07) is 11.6. The van der Waals surface area contributed by atoms with Gasteiger partial charge in [0, 0.05) is 18.1 Å². The van der Waals surface area contributed by atoms with Gasteiger partial charge in [-0.1, -0.05) is 12.1 Å². The highest BCUT2D eigenvalue weighted by molar-refractivity contribution is 5.67. The number of carbonyl (C=O) groups is 1. The van der Waals surface area contributed by atoms with Gasteiger partial charge in [0.15, 0.2) is 0 Å². The lowest BCUT2D eigenvalue weighted by Crippen LogP contribution is -2.15. The molecule has 4 nitrogen and oxygen atoms in total. The number of benzene rings is 1. The largest absolute Gasteiger partial charge is 0.481 e. The molecule has 2 N–H and O–H groups in total. The van der Waals surface area contributed by atoms with E-state index in [2.05, 4.69) is 0 Å². The molecule has 18 heavy (non-hydrogen) atoms. The molecule has 1 aromatic carbocycles. The van der Waals surface area contributed by atoms with Gasteiger partial charge in [0.05, 0.1) is 12.5 Å². The molecular formula is C14H15NO3. The van der Waals surface area contributed by atoms with Gasteiger partial charge in [-0.25, -0.2) is 0 Å². The van der Waals surface area contributed by atoms with Crippen molar-refractivity contribution in [2.75, 3.05) is 0 Å². The van der Waals surface area contributed by atoms with Gasteiger partial charge in [-0.2, -0.15) is 0 Å². The quantitative estimate of drug-likeness (QED) is 0.845. The van der Waals surface area contributed by atoms with Crippen molar-refractivity contribution in [1.29, 1.82) is 0 Å². The number of hydrogen-bond acceptors (Lipinski definition) is 2. The molecule has 0 aliphatic carbocycles. The second kappa shape index (κ2) is 5.51. The van der Waals surface area contributed by atoms with Crippen molar-refractivity contribution >= 4 is 5.97 Å². The zero-order valence-electron chi connectivity index (χ0n) is 9.86. The van der Waals surface area contributed by atoms with Gasteiger partial charge >= 0.3 is 5.97 Å². The van der Waals surface area contributed by atoms with Crippen LogP contribution in [0.15, 0.2) is 48.8 Å². The maximum atomic E-state index is 10.4. The van der Waals surface area contributed by atoms with Crippen LogP contribution in [0.25, 0.3) is 5.69 Å². The van der Waals surface area contributed by atoms with Crippen molar-refractivity contribution in [2.24, 2.45) is 0 Å². The van der Waals surface area contributed by atoms with E-state index < -0.39 is 12.1 Å². The van der Waals surface area contributed by atoms with E-state index in [0.717, 1.165) is 11.3 Å². The number of aliphatic carboxylic acids is 1. The molecular weight excluding hydrogens is 230 g/mol.